The van der Waals surface area contributed by atoms with E-state index in [0.29, 0.717) is 18.8 Å². The van der Waals surface area contributed by atoms with Crippen LogP contribution in [0.25, 0.3) is 0 Å². The van der Waals surface area contributed by atoms with Gasteiger partial charge in [-0.05, 0) is 25.2 Å². The zero-order chi connectivity index (χ0) is 11.9. The van der Waals surface area contributed by atoms with Gasteiger partial charge < -0.3 is 9.67 Å². The van der Waals surface area contributed by atoms with Crippen molar-refractivity contribution in [3.05, 3.63) is 12.2 Å². The Morgan fingerprint density at radius 3 is 2.71 bits per heavy atom. The summed E-state index contributed by atoms with van der Waals surface area (Å²) in [7, 11) is 0. The Balaban J connectivity index is 1.86. The Labute approximate surface area is 99.9 Å². The van der Waals surface area contributed by atoms with Crippen LogP contribution in [0.1, 0.15) is 44.3 Å². The molecule has 0 radical (unpaired) electrons. The molecule has 0 unspecified atom stereocenters. The van der Waals surface area contributed by atoms with E-state index in [1.54, 1.807) is 6.33 Å². The molecule has 2 fully saturated rings. The third-order valence-electron chi connectivity index (χ3n) is 4.35. The number of aliphatic carboxylic acids is 1. The monoisotopic (exact) mass is 235 g/mol. The van der Waals surface area contributed by atoms with Crippen molar-refractivity contribution in [2.24, 2.45) is 5.92 Å². The fourth-order valence-corrected chi connectivity index (χ4v) is 2.78. The molecule has 1 aromatic rings. The van der Waals surface area contributed by atoms with E-state index in [0.717, 1.165) is 18.7 Å². The number of rotatable bonds is 4. The van der Waals surface area contributed by atoms with Crippen molar-refractivity contribution in [3.8, 4) is 0 Å². The summed E-state index contributed by atoms with van der Waals surface area (Å²) in [5.41, 5.74) is -0.747. The Hall–Kier alpha value is -1.39. The summed E-state index contributed by atoms with van der Waals surface area (Å²) in [6, 6.07) is 0. The van der Waals surface area contributed by atoms with Gasteiger partial charge in [-0.1, -0.05) is 19.3 Å². The predicted octanol–water partition coefficient (Wildman–Crippen LogP) is 1.58. The minimum absolute atomic E-state index is 0.684. The summed E-state index contributed by atoms with van der Waals surface area (Å²) >= 11 is 0. The normalized spacial score (nSPS) is 22.8. The van der Waals surface area contributed by atoms with E-state index in [2.05, 4.69) is 10.2 Å². The molecular weight excluding hydrogens is 218 g/mol. The average Bonchev–Trinajstić information content (AvgIpc) is 2.58. The summed E-state index contributed by atoms with van der Waals surface area (Å²) < 4.78 is 1.82. The predicted molar refractivity (Wildman–Crippen MR) is 60.5 cm³/mol. The molecule has 0 atom stereocenters. The van der Waals surface area contributed by atoms with Gasteiger partial charge in [-0.3, -0.25) is 0 Å². The highest BCUT2D eigenvalue weighted by molar-refractivity contribution is 5.78. The molecule has 5 nitrogen and oxygen atoms in total. The van der Waals surface area contributed by atoms with Crippen molar-refractivity contribution in [2.45, 2.75) is 50.5 Å². The first kappa shape index (κ1) is 10.7. The Morgan fingerprint density at radius 1 is 1.47 bits per heavy atom. The Bertz CT molecular complexity index is 433. The van der Waals surface area contributed by atoms with Crippen LogP contribution in [0.3, 0.4) is 0 Å². The lowest BCUT2D eigenvalue weighted by molar-refractivity contribution is -0.152. The third-order valence-corrected chi connectivity index (χ3v) is 4.35. The van der Waals surface area contributed by atoms with Gasteiger partial charge in [-0.25, -0.2) is 4.79 Å². The number of hydrogen-bond donors (Lipinski definition) is 1. The maximum Gasteiger partial charge on any atom is 0.329 e. The lowest BCUT2D eigenvalue weighted by Crippen LogP contribution is -2.48. The largest absolute Gasteiger partial charge is 0.479 e. The van der Waals surface area contributed by atoms with Gasteiger partial charge in [0.15, 0.2) is 0 Å². The molecule has 92 valence electrons. The van der Waals surface area contributed by atoms with Gasteiger partial charge in [-0.2, -0.15) is 0 Å². The van der Waals surface area contributed by atoms with Crippen molar-refractivity contribution in [1.29, 1.82) is 0 Å². The Morgan fingerprint density at radius 2 is 2.24 bits per heavy atom. The molecule has 17 heavy (non-hydrogen) atoms. The topological polar surface area (TPSA) is 68.0 Å². The molecule has 0 amide bonds. The SMILES string of the molecule is O=C(O)C1(n2cnnc2CC2CCC2)CCC1. The quantitative estimate of drug-likeness (QED) is 0.860. The maximum atomic E-state index is 11.4. The zero-order valence-corrected chi connectivity index (χ0v) is 9.80. The fraction of sp³-hybridized carbons (Fsp3) is 0.750. The van der Waals surface area contributed by atoms with Gasteiger partial charge in [0.25, 0.3) is 0 Å². The molecule has 1 aromatic heterocycles. The van der Waals surface area contributed by atoms with E-state index in [9.17, 15) is 9.90 Å². The molecule has 3 rings (SSSR count). The molecule has 2 aliphatic rings. The van der Waals surface area contributed by atoms with Crippen molar-refractivity contribution in [2.75, 3.05) is 0 Å². The summed E-state index contributed by atoms with van der Waals surface area (Å²) in [6.45, 7) is 0. The van der Waals surface area contributed by atoms with Crippen molar-refractivity contribution < 1.29 is 9.90 Å². The average molecular weight is 235 g/mol. The van der Waals surface area contributed by atoms with Crippen LogP contribution in [0.4, 0.5) is 0 Å². The molecule has 0 spiro atoms. The first-order valence-corrected chi connectivity index (χ1v) is 6.35. The van der Waals surface area contributed by atoms with Gasteiger partial charge in [0.05, 0.1) is 0 Å². The van der Waals surface area contributed by atoms with Gasteiger partial charge in [-0.15, -0.1) is 10.2 Å². The van der Waals surface area contributed by atoms with Crippen molar-refractivity contribution >= 4 is 5.97 Å². The van der Waals surface area contributed by atoms with Gasteiger partial charge in [0, 0.05) is 6.42 Å². The van der Waals surface area contributed by atoms with Crippen LogP contribution in [-0.2, 0) is 16.8 Å². The van der Waals surface area contributed by atoms with Crippen LogP contribution in [0.5, 0.6) is 0 Å². The molecule has 1 heterocycles. The van der Waals surface area contributed by atoms with Crippen LogP contribution in [0.15, 0.2) is 6.33 Å². The van der Waals surface area contributed by atoms with E-state index in [1.165, 1.54) is 19.3 Å². The molecule has 0 bridgehead atoms. The standard InChI is InChI=1S/C12H17N3O2/c16-11(17)12(5-2-6-12)15-8-13-14-10(15)7-9-3-1-4-9/h8-9H,1-7H2,(H,16,17). The van der Waals surface area contributed by atoms with E-state index in [4.69, 9.17) is 0 Å². The molecule has 2 aliphatic carbocycles. The second kappa shape index (κ2) is 3.82. The Kier molecular flexibility index (Phi) is 2.42. The van der Waals surface area contributed by atoms with Crippen molar-refractivity contribution in [1.82, 2.24) is 14.8 Å². The summed E-state index contributed by atoms with van der Waals surface area (Å²) in [4.78, 5) is 11.4. The fourth-order valence-electron chi connectivity index (χ4n) is 2.78. The number of carboxylic acid groups (broad SMARTS) is 1. The van der Waals surface area contributed by atoms with E-state index < -0.39 is 11.5 Å². The number of carboxylic acids is 1. The molecule has 5 heteroatoms. The summed E-state index contributed by atoms with van der Waals surface area (Å²) in [5.74, 6) is 0.805. The molecule has 1 N–H and O–H groups in total. The van der Waals surface area contributed by atoms with Crippen LogP contribution >= 0.6 is 0 Å². The second-order valence-corrected chi connectivity index (χ2v) is 5.31. The van der Waals surface area contributed by atoms with Crippen LogP contribution < -0.4 is 0 Å². The molecule has 0 saturated heterocycles. The highest BCUT2D eigenvalue weighted by atomic mass is 16.4. The summed E-state index contributed by atoms with van der Waals surface area (Å²) in [5, 5.41) is 17.4. The number of nitrogens with zero attached hydrogens (tertiary/aromatic N) is 3. The zero-order valence-electron chi connectivity index (χ0n) is 9.80. The van der Waals surface area contributed by atoms with Gasteiger partial charge in [0.2, 0.25) is 0 Å². The van der Waals surface area contributed by atoms with Gasteiger partial charge in [0.1, 0.15) is 17.7 Å². The first-order valence-electron chi connectivity index (χ1n) is 6.35. The highest BCUT2D eigenvalue weighted by Crippen LogP contribution is 2.41. The van der Waals surface area contributed by atoms with Gasteiger partial charge >= 0.3 is 5.97 Å². The number of hydrogen-bond acceptors (Lipinski definition) is 3. The van der Waals surface area contributed by atoms with Crippen LogP contribution in [-0.4, -0.2) is 25.8 Å². The van der Waals surface area contributed by atoms with Crippen LogP contribution in [0.2, 0.25) is 0 Å². The number of aromatic nitrogens is 3. The van der Waals surface area contributed by atoms with Crippen LogP contribution in [0, 0.1) is 5.92 Å². The van der Waals surface area contributed by atoms with Crippen molar-refractivity contribution in [3.63, 3.8) is 0 Å². The summed E-state index contributed by atoms with van der Waals surface area (Å²) in [6.07, 6.45) is 8.66. The third kappa shape index (κ3) is 1.56. The molecule has 0 aromatic carbocycles. The minimum atomic E-state index is -0.747. The number of carbonyl (C=O) groups is 1. The maximum absolute atomic E-state index is 11.4. The van der Waals surface area contributed by atoms with E-state index >= 15 is 0 Å². The minimum Gasteiger partial charge on any atom is -0.479 e. The molecule has 2 saturated carbocycles. The molecule has 0 aliphatic heterocycles. The smallest absolute Gasteiger partial charge is 0.329 e. The molecular formula is C12H17N3O2. The second-order valence-electron chi connectivity index (χ2n) is 5.31. The highest BCUT2D eigenvalue weighted by Gasteiger charge is 2.47. The lowest BCUT2D eigenvalue weighted by Gasteiger charge is -2.39. The van der Waals surface area contributed by atoms with E-state index in [1.807, 2.05) is 4.57 Å². The van der Waals surface area contributed by atoms with E-state index in [-0.39, 0.29) is 0 Å². The lowest BCUT2D eigenvalue weighted by atomic mass is 9.76. The first-order chi connectivity index (χ1) is 8.22.